The highest BCUT2D eigenvalue weighted by Crippen LogP contribution is 2.78. The monoisotopic (exact) mass is 659 g/mol. The molecule has 2 spiro atoms. The molecule has 10 unspecified atom stereocenters. The van der Waals surface area contributed by atoms with Crippen LogP contribution in [0.4, 0.5) is 0 Å². The molecule has 8 aliphatic rings. The SMILES string of the molecule is Cc1c(C#N)c2c(c3c4cc(-c5ccccc5)cc5c6c7c(c(C#N)c(C)c6n(c13)c45)C1CC3CC4CC7CC34C1)C1CC3CC4CC2CC43C1. The minimum atomic E-state index is 0.516. The molecule has 3 nitrogen and oxygen atoms in total. The molecule has 0 radical (unpaired) electrons. The lowest BCUT2D eigenvalue weighted by atomic mass is 9.56. The smallest absolute Gasteiger partial charge is 0.0998 e. The second-order valence-corrected chi connectivity index (χ2v) is 19.2. The van der Waals surface area contributed by atoms with E-state index in [1.165, 1.54) is 136 Å². The second-order valence-electron chi connectivity index (χ2n) is 19.2. The highest BCUT2D eigenvalue weighted by Gasteiger charge is 2.67. The van der Waals surface area contributed by atoms with E-state index in [2.05, 4.69) is 72.9 Å². The molecular formula is C48H41N3. The summed E-state index contributed by atoms with van der Waals surface area (Å²) in [4.78, 5) is 0. The first-order chi connectivity index (χ1) is 24.9. The van der Waals surface area contributed by atoms with E-state index in [1.54, 1.807) is 11.1 Å². The summed E-state index contributed by atoms with van der Waals surface area (Å²) in [6.45, 7) is 4.54. The number of nitriles is 2. The van der Waals surface area contributed by atoms with Gasteiger partial charge < -0.3 is 4.40 Å². The molecule has 8 aliphatic carbocycles. The van der Waals surface area contributed by atoms with E-state index in [4.69, 9.17) is 0 Å². The number of benzene rings is 4. The maximum atomic E-state index is 11.1. The normalized spacial score (nSPS) is 36.9. The highest BCUT2D eigenvalue weighted by molar-refractivity contribution is 6.27. The minimum Gasteiger partial charge on any atom is -0.307 e. The molecule has 10 atom stereocenters. The molecule has 6 saturated carbocycles. The van der Waals surface area contributed by atoms with Gasteiger partial charge in [0.2, 0.25) is 0 Å². The van der Waals surface area contributed by atoms with Gasteiger partial charge in [-0.05, 0) is 193 Å². The van der Waals surface area contributed by atoms with Crippen LogP contribution in [0.5, 0.6) is 0 Å². The molecule has 0 amide bonds. The van der Waals surface area contributed by atoms with E-state index in [0.29, 0.717) is 34.5 Å². The van der Waals surface area contributed by atoms with Crippen molar-refractivity contribution in [1.29, 1.82) is 10.5 Å². The zero-order valence-electron chi connectivity index (χ0n) is 29.6. The fourth-order valence-corrected chi connectivity index (χ4v) is 16.5. The third kappa shape index (κ3) is 2.70. The van der Waals surface area contributed by atoms with Crippen LogP contribution in [0.3, 0.4) is 0 Å². The van der Waals surface area contributed by atoms with Crippen molar-refractivity contribution in [3.63, 3.8) is 0 Å². The lowest BCUT2D eigenvalue weighted by Gasteiger charge is -2.48. The van der Waals surface area contributed by atoms with Crippen LogP contribution >= 0.6 is 0 Å². The molecular weight excluding hydrogens is 619 g/mol. The summed E-state index contributed by atoms with van der Waals surface area (Å²) >= 11 is 0. The molecule has 0 saturated heterocycles. The fraction of sp³-hybridized carbons (Fsp3) is 0.458. The summed E-state index contributed by atoms with van der Waals surface area (Å²) in [6.07, 6.45) is 13.2. The molecule has 2 aromatic heterocycles. The topological polar surface area (TPSA) is 52.0 Å². The summed E-state index contributed by atoms with van der Waals surface area (Å²) in [5.74, 6) is 5.59. The Morgan fingerprint density at radius 2 is 0.980 bits per heavy atom. The van der Waals surface area contributed by atoms with Gasteiger partial charge in [-0.3, -0.25) is 0 Å². The van der Waals surface area contributed by atoms with Crippen molar-refractivity contribution in [1.82, 2.24) is 4.40 Å². The zero-order valence-corrected chi connectivity index (χ0v) is 29.6. The molecule has 2 heterocycles. The van der Waals surface area contributed by atoms with Crippen LogP contribution in [0.1, 0.15) is 132 Å². The van der Waals surface area contributed by atoms with E-state index >= 15 is 0 Å². The number of aryl methyl sites for hydroxylation is 2. The number of rotatable bonds is 1. The average molecular weight is 660 g/mol. The first-order valence-electron chi connectivity index (χ1n) is 20.2. The Bertz CT molecular complexity index is 2600. The number of fused-ring (bicyclic) bond motifs is 18. The Morgan fingerprint density at radius 3 is 1.41 bits per heavy atom. The van der Waals surface area contributed by atoms with Crippen LogP contribution in [0.15, 0.2) is 42.5 Å². The second kappa shape index (κ2) is 8.31. The minimum absolute atomic E-state index is 0.516. The van der Waals surface area contributed by atoms with Gasteiger partial charge in [0.05, 0.1) is 39.8 Å². The third-order valence-corrected chi connectivity index (χ3v) is 18.0. The highest BCUT2D eigenvalue weighted by atomic mass is 14.9. The van der Waals surface area contributed by atoms with Crippen molar-refractivity contribution >= 4 is 38.1 Å². The Labute approximate surface area is 298 Å². The first-order valence-corrected chi connectivity index (χ1v) is 20.2. The molecule has 3 heteroatoms. The van der Waals surface area contributed by atoms with E-state index in [-0.39, 0.29) is 0 Å². The van der Waals surface area contributed by atoms with Crippen LogP contribution in [0, 0.1) is 71.0 Å². The fourth-order valence-electron chi connectivity index (χ4n) is 16.5. The van der Waals surface area contributed by atoms with Gasteiger partial charge in [0.1, 0.15) is 0 Å². The molecule has 0 N–H and O–H groups in total. The van der Waals surface area contributed by atoms with Crippen molar-refractivity contribution in [2.75, 3.05) is 0 Å². The van der Waals surface area contributed by atoms with Crippen molar-refractivity contribution in [3.8, 4) is 23.3 Å². The quantitative estimate of drug-likeness (QED) is 0.176. The predicted molar refractivity (Wildman–Crippen MR) is 201 cm³/mol. The molecule has 6 fully saturated rings. The molecule has 0 aliphatic heterocycles. The predicted octanol–water partition coefficient (Wildman–Crippen LogP) is 11.6. The summed E-state index contributed by atoms with van der Waals surface area (Å²) < 4.78 is 2.62. The average Bonchev–Trinajstić information content (AvgIpc) is 3.92. The largest absolute Gasteiger partial charge is 0.307 e. The lowest BCUT2D eigenvalue weighted by molar-refractivity contribution is 0.00321. The molecule has 14 rings (SSSR count). The molecule has 6 aromatic rings. The Morgan fingerprint density at radius 1 is 0.549 bits per heavy atom. The van der Waals surface area contributed by atoms with Crippen molar-refractivity contribution in [2.24, 2.45) is 34.5 Å². The standard InChI is InChI=1S/C48H41N3/c1-22-36(20-49)38-26-8-30-14-32-10-28(18-47(30,32)16-26)40(38)42-34-12-25(24-6-4-3-5-7-24)13-35-43-41-29-11-33-15-31-9-27(17-48(31,33)19-29)39(41)37(21-50)23(2)45(43)51(44(22)42)46(34)35/h3-7,12-13,26-33H,8-11,14-19H2,1-2H3. The summed E-state index contributed by atoms with van der Waals surface area (Å²) in [7, 11) is 0. The molecule has 6 bridgehead atoms. The van der Waals surface area contributed by atoms with E-state index in [1.807, 2.05) is 0 Å². The van der Waals surface area contributed by atoms with Gasteiger partial charge in [0.15, 0.2) is 0 Å². The van der Waals surface area contributed by atoms with Gasteiger partial charge >= 0.3 is 0 Å². The summed E-state index contributed by atoms with van der Waals surface area (Å²) in [5.41, 5.74) is 17.8. The molecule has 248 valence electrons. The van der Waals surface area contributed by atoms with Gasteiger partial charge in [0, 0.05) is 21.5 Å². The van der Waals surface area contributed by atoms with Crippen LogP contribution in [-0.2, 0) is 0 Å². The van der Waals surface area contributed by atoms with Crippen LogP contribution < -0.4 is 0 Å². The van der Waals surface area contributed by atoms with E-state index in [0.717, 1.165) is 34.8 Å². The number of nitrogens with zero attached hydrogens (tertiary/aromatic N) is 3. The summed E-state index contributed by atoms with van der Waals surface area (Å²) in [6, 6.07) is 21.8. The van der Waals surface area contributed by atoms with Crippen LogP contribution in [0.25, 0.3) is 49.2 Å². The van der Waals surface area contributed by atoms with Crippen molar-refractivity contribution in [2.45, 2.75) is 102 Å². The van der Waals surface area contributed by atoms with Gasteiger partial charge in [-0.1, -0.05) is 30.3 Å². The van der Waals surface area contributed by atoms with Crippen molar-refractivity contribution in [3.05, 3.63) is 87.0 Å². The van der Waals surface area contributed by atoms with E-state index in [9.17, 15) is 10.5 Å². The van der Waals surface area contributed by atoms with Gasteiger partial charge in [0.25, 0.3) is 0 Å². The maximum absolute atomic E-state index is 11.1. The number of aromatic nitrogens is 1. The van der Waals surface area contributed by atoms with E-state index < -0.39 is 0 Å². The van der Waals surface area contributed by atoms with Crippen LogP contribution in [0.2, 0.25) is 0 Å². The summed E-state index contributed by atoms with van der Waals surface area (Å²) in [5, 5.41) is 27.9. The van der Waals surface area contributed by atoms with Crippen LogP contribution in [-0.4, -0.2) is 4.40 Å². The first kappa shape index (κ1) is 27.3. The molecule has 51 heavy (non-hydrogen) atoms. The lowest BCUT2D eigenvalue weighted by Crippen LogP contribution is -2.41. The van der Waals surface area contributed by atoms with Gasteiger partial charge in [-0.15, -0.1) is 0 Å². The zero-order chi connectivity index (χ0) is 33.4. The molecule has 4 aromatic carbocycles. The Balaban J connectivity index is 1.21. The number of hydrogen-bond donors (Lipinski definition) is 0. The van der Waals surface area contributed by atoms with Gasteiger partial charge in [-0.2, -0.15) is 10.5 Å². The van der Waals surface area contributed by atoms with Crippen molar-refractivity contribution < 1.29 is 0 Å². The number of hydrogen-bond acceptors (Lipinski definition) is 2. The Kier molecular flexibility index (Phi) is 4.46. The maximum Gasteiger partial charge on any atom is 0.0998 e. The Hall–Kier alpha value is -4.34. The third-order valence-electron chi connectivity index (χ3n) is 18.0. The van der Waals surface area contributed by atoms with Gasteiger partial charge in [-0.25, -0.2) is 0 Å².